The highest BCUT2D eigenvalue weighted by Gasteiger charge is 2.39. The third-order valence-corrected chi connectivity index (χ3v) is 5.88. The molecule has 1 aliphatic rings. The van der Waals surface area contributed by atoms with E-state index in [4.69, 9.17) is 16.3 Å². The van der Waals surface area contributed by atoms with Crippen LogP contribution < -0.4 is 5.32 Å². The topological polar surface area (TPSA) is 133 Å². The molecule has 1 heterocycles. The summed E-state index contributed by atoms with van der Waals surface area (Å²) in [6, 6.07) is 3.37. The maximum absolute atomic E-state index is 11.9. The first-order valence-corrected chi connectivity index (χ1v) is 9.34. The Morgan fingerprint density at radius 2 is 2.12 bits per heavy atom. The molecule has 136 valence electrons. The Labute approximate surface area is 148 Å². The van der Waals surface area contributed by atoms with E-state index in [0.29, 0.717) is 0 Å². The minimum Gasteiger partial charge on any atom is -0.452 e. The van der Waals surface area contributed by atoms with Gasteiger partial charge in [0.05, 0.1) is 27.5 Å². The van der Waals surface area contributed by atoms with Crippen LogP contribution in [0.5, 0.6) is 0 Å². The number of sulfone groups is 1. The van der Waals surface area contributed by atoms with Gasteiger partial charge in [0.25, 0.3) is 11.6 Å². The summed E-state index contributed by atoms with van der Waals surface area (Å²) in [5.74, 6) is -1.78. The van der Waals surface area contributed by atoms with E-state index in [2.05, 4.69) is 5.32 Å². The first kappa shape index (κ1) is 19.1. The molecule has 0 aromatic heterocycles. The van der Waals surface area contributed by atoms with Gasteiger partial charge in [0.1, 0.15) is 5.02 Å². The molecule has 0 bridgehead atoms. The van der Waals surface area contributed by atoms with Crippen molar-refractivity contribution in [2.24, 2.45) is 0 Å². The number of nitrogens with one attached hydrogen (secondary N) is 1. The zero-order chi connectivity index (χ0) is 18.8. The molecular weight excluding hydrogens is 376 g/mol. The third kappa shape index (κ3) is 4.89. The lowest BCUT2D eigenvalue weighted by Gasteiger charge is -2.23. The van der Waals surface area contributed by atoms with E-state index in [1.165, 1.54) is 12.1 Å². The summed E-state index contributed by atoms with van der Waals surface area (Å²) in [5.41, 5.74) is -1.48. The van der Waals surface area contributed by atoms with Crippen molar-refractivity contribution >= 4 is 39.0 Å². The predicted molar refractivity (Wildman–Crippen MR) is 88.2 cm³/mol. The number of carbonyl (C=O) groups is 2. The average molecular weight is 391 g/mol. The fourth-order valence-electron chi connectivity index (χ4n) is 2.48. The van der Waals surface area contributed by atoms with Crippen molar-refractivity contribution in [1.29, 1.82) is 0 Å². The Hall–Kier alpha value is -2.20. The summed E-state index contributed by atoms with van der Waals surface area (Å²) in [6.07, 6.45) is 0.276. The lowest BCUT2D eigenvalue weighted by atomic mass is 10.0. The molecule has 25 heavy (non-hydrogen) atoms. The van der Waals surface area contributed by atoms with Crippen molar-refractivity contribution in [3.63, 3.8) is 0 Å². The van der Waals surface area contributed by atoms with E-state index in [-0.39, 0.29) is 28.5 Å². The summed E-state index contributed by atoms with van der Waals surface area (Å²) >= 11 is 5.65. The number of halogens is 1. The van der Waals surface area contributed by atoms with Gasteiger partial charge in [-0.1, -0.05) is 11.6 Å². The smallest absolute Gasteiger partial charge is 0.338 e. The Morgan fingerprint density at radius 1 is 1.44 bits per heavy atom. The number of ether oxygens (including phenoxy) is 1. The normalized spacial score (nSPS) is 21.5. The van der Waals surface area contributed by atoms with Gasteiger partial charge >= 0.3 is 5.97 Å². The molecule has 1 aliphatic heterocycles. The van der Waals surface area contributed by atoms with E-state index in [1.807, 2.05) is 0 Å². The van der Waals surface area contributed by atoms with Crippen molar-refractivity contribution in [2.75, 3.05) is 18.1 Å². The second kappa shape index (κ2) is 6.96. The SMILES string of the molecule is C[C@]1(NC(=O)COC(=O)c2ccc(Cl)c([N+](=O)[O-])c2)CCS(=O)(=O)C1. The molecule has 0 spiro atoms. The monoisotopic (exact) mass is 390 g/mol. The van der Waals surface area contributed by atoms with E-state index < -0.39 is 44.5 Å². The van der Waals surface area contributed by atoms with E-state index in [0.717, 1.165) is 6.07 Å². The molecule has 1 aromatic rings. The second-order valence-corrected chi connectivity index (χ2v) is 8.54. The van der Waals surface area contributed by atoms with Crippen molar-refractivity contribution in [1.82, 2.24) is 5.32 Å². The van der Waals surface area contributed by atoms with Gasteiger partial charge in [-0.15, -0.1) is 0 Å². The predicted octanol–water partition coefficient (Wildman–Crippen LogP) is 1.10. The van der Waals surface area contributed by atoms with Gasteiger partial charge in [0, 0.05) is 6.07 Å². The van der Waals surface area contributed by atoms with Gasteiger partial charge in [-0.2, -0.15) is 0 Å². The Bertz CT molecular complexity index is 840. The first-order chi connectivity index (χ1) is 11.5. The molecule has 1 N–H and O–H groups in total. The zero-order valence-corrected chi connectivity index (χ0v) is 14.7. The van der Waals surface area contributed by atoms with Crippen LogP contribution in [0.25, 0.3) is 0 Å². The molecule has 1 fully saturated rings. The largest absolute Gasteiger partial charge is 0.452 e. The van der Waals surface area contributed by atoms with Crippen LogP contribution in [0, 0.1) is 10.1 Å². The fourth-order valence-corrected chi connectivity index (χ4v) is 4.76. The number of amides is 1. The first-order valence-electron chi connectivity index (χ1n) is 7.14. The van der Waals surface area contributed by atoms with Gasteiger partial charge in [0.15, 0.2) is 16.4 Å². The lowest BCUT2D eigenvalue weighted by Crippen LogP contribution is -2.48. The Kier molecular flexibility index (Phi) is 5.33. The molecule has 0 radical (unpaired) electrons. The van der Waals surface area contributed by atoms with Crippen LogP contribution in [0.1, 0.15) is 23.7 Å². The lowest BCUT2D eigenvalue weighted by molar-refractivity contribution is -0.384. The second-order valence-electron chi connectivity index (χ2n) is 5.95. The summed E-state index contributed by atoms with van der Waals surface area (Å²) in [7, 11) is -3.19. The molecular formula is C14H15ClN2O7S. The highest BCUT2D eigenvalue weighted by molar-refractivity contribution is 7.91. The van der Waals surface area contributed by atoms with Crippen LogP contribution in [0.15, 0.2) is 18.2 Å². The number of hydrogen-bond acceptors (Lipinski definition) is 7. The fraction of sp³-hybridized carbons (Fsp3) is 0.429. The van der Waals surface area contributed by atoms with Gasteiger partial charge < -0.3 is 10.1 Å². The van der Waals surface area contributed by atoms with E-state index in [9.17, 15) is 28.1 Å². The van der Waals surface area contributed by atoms with Gasteiger partial charge in [-0.05, 0) is 25.5 Å². The number of nitro groups is 1. The molecule has 0 unspecified atom stereocenters. The van der Waals surface area contributed by atoms with Crippen LogP contribution in [0.3, 0.4) is 0 Å². The van der Waals surface area contributed by atoms with E-state index >= 15 is 0 Å². The van der Waals surface area contributed by atoms with Crippen LogP contribution >= 0.6 is 11.6 Å². The molecule has 1 aromatic carbocycles. The molecule has 0 aliphatic carbocycles. The molecule has 1 amide bonds. The number of hydrogen-bond donors (Lipinski definition) is 1. The number of nitro benzene ring substituents is 1. The number of nitrogens with zero attached hydrogens (tertiary/aromatic N) is 1. The molecule has 11 heteroatoms. The molecule has 1 atom stereocenters. The highest BCUT2D eigenvalue weighted by Crippen LogP contribution is 2.25. The van der Waals surface area contributed by atoms with Crippen LogP contribution in [0.4, 0.5) is 5.69 Å². The number of rotatable bonds is 5. The minimum atomic E-state index is -3.19. The zero-order valence-electron chi connectivity index (χ0n) is 13.2. The van der Waals surface area contributed by atoms with Crippen molar-refractivity contribution in [3.05, 3.63) is 38.9 Å². The van der Waals surface area contributed by atoms with Gasteiger partial charge in [0.2, 0.25) is 0 Å². The standard InChI is InChI=1S/C14H15ClN2O7S/c1-14(4-5-25(22,23)8-14)16-12(18)7-24-13(19)9-2-3-10(15)11(6-9)17(20)21/h2-3,6H,4-5,7-8H2,1H3,(H,16,18)/t14-/m0/s1. The maximum atomic E-state index is 11.9. The van der Waals surface area contributed by atoms with E-state index in [1.54, 1.807) is 6.92 Å². The molecule has 9 nitrogen and oxygen atoms in total. The van der Waals surface area contributed by atoms with Crippen LogP contribution in [-0.2, 0) is 19.4 Å². The number of esters is 1. The number of carbonyl (C=O) groups excluding carboxylic acids is 2. The molecule has 1 saturated heterocycles. The summed E-state index contributed by atoms with van der Waals surface area (Å²) in [4.78, 5) is 33.8. The quantitative estimate of drug-likeness (QED) is 0.452. The third-order valence-electron chi connectivity index (χ3n) is 3.66. The summed E-state index contributed by atoms with van der Waals surface area (Å²) in [6.45, 7) is 0.963. The Morgan fingerprint density at radius 3 is 2.68 bits per heavy atom. The van der Waals surface area contributed by atoms with Gasteiger partial charge in [-0.3, -0.25) is 14.9 Å². The summed E-state index contributed by atoms with van der Waals surface area (Å²) < 4.78 is 27.8. The van der Waals surface area contributed by atoms with Crippen molar-refractivity contribution < 1.29 is 27.7 Å². The van der Waals surface area contributed by atoms with Crippen molar-refractivity contribution in [3.8, 4) is 0 Å². The van der Waals surface area contributed by atoms with Crippen LogP contribution in [-0.4, -0.2) is 48.9 Å². The van der Waals surface area contributed by atoms with Crippen LogP contribution in [0.2, 0.25) is 5.02 Å². The molecule has 2 rings (SSSR count). The van der Waals surface area contributed by atoms with Gasteiger partial charge in [-0.25, -0.2) is 13.2 Å². The van der Waals surface area contributed by atoms with Crippen molar-refractivity contribution in [2.45, 2.75) is 18.9 Å². The minimum absolute atomic E-state index is 0.0159. The number of benzene rings is 1. The summed E-state index contributed by atoms with van der Waals surface area (Å²) in [5, 5.41) is 13.2. The highest BCUT2D eigenvalue weighted by atomic mass is 35.5. The molecule has 0 saturated carbocycles. The average Bonchev–Trinajstić information content (AvgIpc) is 2.78. The maximum Gasteiger partial charge on any atom is 0.338 e. The Balaban J connectivity index is 1.95.